The van der Waals surface area contributed by atoms with E-state index < -0.39 is 35.5 Å². The maximum Gasteiger partial charge on any atom is 0.408 e. The average molecular weight is 463 g/mol. The number of carbonyl (C=O) groups excluding carboxylic acids is 3. The van der Waals surface area contributed by atoms with E-state index in [4.69, 9.17) is 14.2 Å². The molecule has 2 rings (SSSR count). The normalized spacial score (nSPS) is 16.7. The number of amides is 2. The maximum absolute atomic E-state index is 12.8. The molecule has 0 fully saturated rings. The molecule has 3 N–H and O–H groups in total. The van der Waals surface area contributed by atoms with Gasteiger partial charge in [0.15, 0.2) is 0 Å². The van der Waals surface area contributed by atoms with E-state index in [-0.39, 0.29) is 19.8 Å². The summed E-state index contributed by atoms with van der Waals surface area (Å²) in [5.41, 5.74) is 5.45. The minimum Gasteiger partial charge on any atom is -0.465 e. The summed E-state index contributed by atoms with van der Waals surface area (Å²) >= 11 is 0. The van der Waals surface area contributed by atoms with Crippen LogP contribution in [0.25, 0.3) is 0 Å². The Balaban J connectivity index is 1.99. The monoisotopic (exact) mass is 462 g/mol. The van der Waals surface area contributed by atoms with Crippen molar-refractivity contribution in [2.24, 2.45) is 10.9 Å². The smallest absolute Gasteiger partial charge is 0.408 e. The number of nitrogens with zero attached hydrogens (tertiary/aromatic N) is 1. The average Bonchev–Trinajstić information content (AvgIpc) is 2.76. The second kappa shape index (κ2) is 12.8. The number of carbonyl (C=O) groups is 3. The number of nitrogens with one attached hydrogen (secondary N) is 3. The van der Waals surface area contributed by atoms with Crippen LogP contribution in [0.4, 0.5) is 4.79 Å². The van der Waals surface area contributed by atoms with Crippen molar-refractivity contribution in [2.75, 3.05) is 19.8 Å². The molecule has 182 valence electrons. The van der Waals surface area contributed by atoms with Gasteiger partial charge in [-0.3, -0.25) is 25.4 Å². The summed E-state index contributed by atoms with van der Waals surface area (Å²) in [6.07, 6.45) is 0.573. The van der Waals surface area contributed by atoms with Gasteiger partial charge in [0, 0.05) is 6.54 Å². The van der Waals surface area contributed by atoms with Gasteiger partial charge in [0.05, 0.1) is 19.8 Å². The van der Waals surface area contributed by atoms with E-state index in [9.17, 15) is 14.4 Å². The van der Waals surface area contributed by atoms with Crippen LogP contribution in [-0.2, 0) is 30.4 Å². The molecule has 1 heterocycles. The Labute approximate surface area is 194 Å². The van der Waals surface area contributed by atoms with Gasteiger partial charge in [-0.2, -0.15) is 0 Å². The zero-order valence-electron chi connectivity index (χ0n) is 19.7. The van der Waals surface area contributed by atoms with Crippen LogP contribution >= 0.6 is 0 Å². The highest BCUT2D eigenvalue weighted by Crippen LogP contribution is 2.15. The predicted molar refractivity (Wildman–Crippen MR) is 122 cm³/mol. The van der Waals surface area contributed by atoms with Crippen LogP contribution in [0.1, 0.15) is 46.1 Å². The van der Waals surface area contributed by atoms with Crippen LogP contribution in [0.15, 0.2) is 35.3 Å². The van der Waals surface area contributed by atoms with Gasteiger partial charge >= 0.3 is 12.1 Å². The number of hydrogen-bond donors (Lipinski definition) is 3. The van der Waals surface area contributed by atoms with Gasteiger partial charge in [0.1, 0.15) is 23.4 Å². The van der Waals surface area contributed by atoms with E-state index in [2.05, 4.69) is 21.2 Å². The summed E-state index contributed by atoms with van der Waals surface area (Å²) in [4.78, 5) is 41.6. The van der Waals surface area contributed by atoms with Crippen LogP contribution < -0.4 is 16.2 Å². The van der Waals surface area contributed by atoms with Crippen molar-refractivity contribution in [2.45, 2.75) is 58.8 Å². The standard InChI is InChI=1S/C23H34N4O6/c1-5-32-21(29)17-12-9-13-24-19(17)26-27-20(28)18(25-22(30)33-23(2,3)4)15-31-14-16-10-7-6-8-11-16/h6-8,10-11,17-18H,5,9,12-15H2,1-4H3,(H,24,26)(H,25,30)(H,27,28). The second-order valence-corrected chi connectivity index (χ2v) is 8.53. The van der Waals surface area contributed by atoms with E-state index in [1.165, 1.54) is 0 Å². The zero-order valence-corrected chi connectivity index (χ0v) is 19.7. The first-order chi connectivity index (χ1) is 15.7. The third kappa shape index (κ3) is 9.48. The highest BCUT2D eigenvalue weighted by atomic mass is 16.6. The van der Waals surface area contributed by atoms with Gasteiger partial charge in [0.2, 0.25) is 0 Å². The Morgan fingerprint density at radius 1 is 1.18 bits per heavy atom. The number of esters is 1. The number of alkyl carbamates (subject to hydrolysis) is 1. The fraction of sp³-hybridized carbons (Fsp3) is 0.565. The Morgan fingerprint density at radius 2 is 1.91 bits per heavy atom. The van der Waals surface area contributed by atoms with Crippen molar-refractivity contribution in [1.29, 1.82) is 0 Å². The third-order valence-electron chi connectivity index (χ3n) is 4.55. The minimum atomic E-state index is -1.04. The minimum absolute atomic E-state index is 0.0879. The lowest BCUT2D eigenvalue weighted by Gasteiger charge is -2.25. The van der Waals surface area contributed by atoms with Crippen molar-refractivity contribution in [3.05, 3.63) is 35.9 Å². The molecule has 1 aromatic rings. The molecule has 10 heteroatoms. The van der Waals surface area contributed by atoms with Crippen molar-refractivity contribution >= 4 is 23.8 Å². The molecule has 2 unspecified atom stereocenters. The fourth-order valence-electron chi connectivity index (χ4n) is 3.06. The van der Waals surface area contributed by atoms with Gasteiger partial charge in [-0.15, -0.1) is 0 Å². The fourth-order valence-corrected chi connectivity index (χ4v) is 3.06. The van der Waals surface area contributed by atoms with Gasteiger partial charge in [-0.1, -0.05) is 30.3 Å². The number of aliphatic imine (C=N–C) groups is 1. The molecule has 0 bridgehead atoms. The lowest BCUT2D eigenvalue weighted by Crippen LogP contribution is -2.56. The second-order valence-electron chi connectivity index (χ2n) is 8.53. The maximum atomic E-state index is 12.8. The number of hydrazine groups is 1. The number of rotatable bonds is 8. The number of ether oxygens (including phenoxy) is 3. The summed E-state index contributed by atoms with van der Waals surface area (Å²) in [5, 5.41) is 2.53. The van der Waals surface area contributed by atoms with E-state index in [0.29, 0.717) is 18.8 Å². The lowest BCUT2D eigenvalue weighted by molar-refractivity contribution is -0.146. The molecule has 0 aromatic heterocycles. The zero-order chi connectivity index (χ0) is 24.3. The molecule has 0 radical (unpaired) electrons. The topological polar surface area (TPSA) is 127 Å². The first kappa shape index (κ1) is 26.1. The molecule has 2 atom stereocenters. The van der Waals surface area contributed by atoms with E-state index in [1.807, 2.05) is 30.3 Å². The Bertz CT molecular complexity index is 822. The molecule has 10 nitrogen and oxygen atoms in total. The Kier molecular flexibility index (Phi) is 10.1. The van der Waals surface area contributed by atoms with Gasteiger partial charge in [0.25, 0.3) is 5.91 Å². The summed E-state index contributed by atoms with van der Waals surface area (Å²) in [7, 11) is 0. The van der Waals surface area contributed by atoms with E-state index in [1.54, 1.807) is 27.7 Å². The van der Waals surface area contributed by atoms with Crippen molar-refractivity contribution in [3.63, 3.8) is 0 Å². The van der Waals surface area contributed by atoms with Crippen molar-refractivity contribution in [3.8, 4) is 0 Å². The molecule has 1 aromatic carbocycles. The predicted octanol–water partition coefficient (Wildman–Crippen LogP) is 2.09. The molecular weight excluding hydrogens is 428 g/mol. The highest BCUT2D eigenvalue weighted by Gasteiger charge is 2.30. The molecule has 0 saturated carbocycles. The van der Waals surface area contributed by atoms with Crippen LogP contribution in [-0.4, -0.2) is 55.2 Å². The number of amidine groups is 1. The van der Waals surface area contributed by atoms with E-state index in [0.717, 1.165) is 12.0 Å². The molecule has 0 saturated heterocycles. The quantitative estimate of drug-likeness (QED) is 0.399. The number of benzene rings is 1. The molecule has 0 spiro atoms. The number of hydrogen-bond acceptors (Lipinski definition) is 8. The van der Waals surface area contributed by atoms with Crippen molar-refractivity contribution in [1.82, 2.24) is 16.2 Å². The summed E-state index contributed by atoms with van der Waals surface area (Å²) in [6.45, 7) is 7.89. The van der Waals surface area contributed by atoms with Crippen LogP contribution in [0.2, 0.25) is 0 Å². The van der Waals surface area contributed by atoms with Crippen LogP contribution in [0.3, 0.4) is 0 Å². The first-order valence-corrected chi connectivity index (χ1v) is 11.1. The first-order valence-electron chi connectivity index (χ1n) is 11.1. The molecule has 33 heavy (non-hydrogen) atoms. The molecule has 0 aliphatic carbocycles. The molecular formula is C23H34N4O6. The highest BCUT2D eigenvalue weighted by molar-refractivity contribution is 6.02. The lowest BCUT2D eigenvalue weighted by atomic mass is 9.99. The van der Waals surface area contributed by atoms with Gasteiger partial charge in [-0.05, 0) is 46.1 Å². The Morgan fingerprint density at radius 3 is 2.58 bits per heavy atom. The van der Waals surface area contributed by atoms with E-state index >= 15 is 0 Å². The molecule has 2 amide bonds. The van der Waals surface area contributed by atoms with Crippen molar-refractivity contribution < 1.29 is 28.6 Å². The largest absolute Gasteiger partial charge is 0.465 e. The summed E-state index contributed by atoms with van der Waals surface area (Å²) in [5.74, 6) is -1.21. The van der Waals surface area contributed by atoms with Gasteiger partial charge in [-0.25, -0.2) is 4.79 Å². The molecule has 1 aliphatic rings. The Hall–Kier alpha value is -3.14. The van der Waals surface area contributed by atoms with Gasteiger partial charge < -0.3 is 19.5 Å². The van der Waals surface area contributed by atoms with Crippen LogP contribution in [0, 0.1) is 5.92 Å². The third-order valence-corrected chi connectivity index (χ3v) is 4.55. The summed E-state index contributed by atoms with van der Waals surface area (Å²) in [6, 6.07) is 8.42. The SMILES string of the molecule is CCOC(=O)C1CCCN=C1NNC(=O)C(COCc1ccccc1)NC(=O)OC(C)(C)C. The summed E-state index contributed by atoms with van der Waals surface area (Å²) < 4.78 is 16.0. The molecule has 1 aliphatic heterocycles. The van der Waals surface area contributed by atoms with Crippen LogP contribution in [0.5, 0.6) is 0 Å².